The van der Waals surface area contributed by atoms with Crippen LogP contribution in [0.2, 0.25) is 0 Å². The third kappa shape index (κ3) is 1.47. The van der Waals surface area contributed by atoms with Gasteiger partial charge in [0.1, 0.15) is 5.60 Å². The van der Waals surface area contributed by atoms with Gasteiger partial charge in [0.25, 0.3) is 0 Å². The van der Waals surface area contributed by atoms with Crippen molar-refractivity contribution in [1.29, 1.82) is 0 Å². The van der Waals surface area contributed by atoms with Crippen LogP contribution < -0.4 is 0 Å². The Morgan fingerprint density at radius 3 is 2.73 bits per heavy atom. The second-order valence-electron chi connectivity index (χ2n) is 4.82. The van der Waals surface area contributed by atoms with Crippen LogP contribution in [0.25, 0.3) is 0 Å². The van der Waals surface area contributed by atoms with Gasteiger partial charge >= 0.3 is 5.97 Å². The molecule has 2 aliphatic rings. The summed E-state index contributed by atoms with van der Waals surface area (Å²) >= 11 is 0. The number of methoxy groups -OCH3 is 1. The van der Waals surface area contributed by atoms with Crippen molar-refractivity contribution in [2.75, 3.05) is 20.3 Å². The van der Waals surface area contributed by atoms with Gasteiger partial charge in [0.05, 0.1) is 13.7 Å². The lowest BCUT2D eigenvalue weighted by Crippen LogP contribution is -2.37. The van der Waals surface area contributed by atoms with Crippen LogP contribution in [0.3, 0.4) is 0 Å². The van der Waals surface area contributed by atoms with E-state index in [9.17, 15) is 4.79 Å². The van der Waals surface area contributed by atoms with Gasteiger partial charge in [-0.2, -0.15) is 0 Å². The van der Waals surface area contributed by atoms with E-state index in [0.717, 1.165) is 6.42 Å². The molecular weight excluding hydrogens is 196 g/mol. The van der Waals surface area contributed by atoms with Crippen LogP contribution in [-0.4, -0.2) is 37.5 Å². The fourth-order valence-electron chi connectivity index (χ4n) is 2.53. The molecule has 2 atom stereocenters. The van der Waals surface area contributed by atoms with Crippen LogP contribution in [0.15, 0.2) is 0 Å². The maximum absolute atomic E-state index is 11.8. The Hall–Kier alpha value is -0.610. The minimum Gasteiger partial charge on any atom is -0.467 e. The molecule has 2 fully saturated rings. The molecule has 15 heavy (non-hydrogen) atoms. The molecule has 0 saturated carbocycles. The zero-order valence-corrected chi connectivity index (χ0v) is 9.54. The van der Waals surface area contributed by atoms with E-state index in [4.69, 9.17) is 14.2 Å². The van der Waals surface area contributed by atoms with Gasteiger partial charge in [0.15, 0.2) is 5.60 Å². The van der Waals surface area contributed by atoms with E-state index < -0.39 is 5.60 Å². The molecule has 86 valence electrons. The number of carbonyl (C=O) groups excluding carboxylic acids is 1. The smallest absolute Gasteiger partial charge is 0.341 e. The number of carbonyl (C=O) groups is 1. The summed E-state index contributed by atoms with van der Waals surface area (Å²) in [4.78, 5) is 11.8. The van der Waals surface area contributed by atoms with E-state index in [2.05, 4.69) is 13.8 Å². The van der Waals surface area contributed by atoms with Crippen LogP contribution in [0.5, 0.6) is 0 Å². The van der Waals surface area contributed by atoms with Gasteiger partial charge in [-0.25, -0.2) is 4.79 Å². The molecule has 0 N–H and O–H groups in total. The first-order valence-electron chi connectivity index (χ1n) is 5.43. The average Bonchev–Trinajstić information content (AvgIpc) is 2.59. The molecule has 1 spiro atoms. The number of hydrogen-bond donors (Lipinski definition) is 0. The Morgan fingerprint density at radius 1 is 1.53 bits per heavy atom. The molecule has 0 aromatic heterocycles. The fraction of sp³-hybridized carbons (Fsp3) is 0.909. The molecule has 0 aromatic rings. The van der Waals surface area contributed by atoms with Gasteiger partial charge in [0, 0.05) is 13.0 Å². The third-order valence-electron chi connectivity index (χ3n) is 3.26. The van der Waals surface area contributed by atoms with Gasteiger partial charge in [-0.3, -0.25) is 0 Å². The standard InChI is InChI=1S/C11H18O4/c1-8(2)6-11(9(12)13-3)10(15-11)4-5-14-7-10/h8H,4-7H2,1-3H3. The molecule has 2 saturated heterocycles. The van der Waals surface area contributed by atoms with Gasteiger partial charge in [-0.15, -0.1) is 0 Å². The number of rotatable bonds is 3. The van der Waals surface area contributed by atoms with Gasteiger partial charge in [-0.1, -0.05) is 13.8 Å². The monoisotopic (exact) mass is 214 g/mol. The summed E-state index contributed by atoms with van der Waals surface area (Å²) in [5.41, 5.74) is -1.11. The van der Waals surface area contributed by atoms with Crippen molar-refractivity contribution in [3.05, 3.63) is 0 Å². The third-order valence-corrected chi connectivity index (χ3v) is 3.26. The Kier molecular flexibility index (Phi) is 2.51. The highest BCUT2D eigenvalue weighted by atomic mass is 16.7. The maximum Gasteiger partial charge on any atom is 0.341 e. The summed E-state index contributed by atoms with van der Waals surface area (Å²) < 4.78 is 15.9. The summed E-state index contributed by atoms with van der Waals surface area (Å²) in [6.45, 7) is 5.36. The van der Waals surface area contributed by atoms with E-state index in [1.54, 1.807) is 0 Å². The van der Waals surface area contributed by atoms with Crippen LogP contribution in [0.4, 0.5) is 0 Å². The van der Waals surface area contributed by atoms with Crippen molar-refractivity contribution in [3.8, 4) is 0 Å². The molecule has 0 amide bonds. The van der Waals surface area contributed by atoms with Crippen molar-refractivity contribution < 1.29 is 19.0 Å². The molecule has 0 aromatic carbocycles. The van der Waals surface area contributed by atoms with Gasteiger partial charge < -0.3 is 14.2 Å². The van der Waals surface area contributed by atoms with Gasteiger partial charge in [-0.05, 0) is 12.3 Å². The predicted octanol–water partition coefficient (Wildman–Crippen LogP) is 1.13. The second kappa shape index (κ2) is 3.46. The summed E-state index contributed by atoms with van der Waals surface area (Å²) in [5, 5.41) is 0. The SMILES string of the molecule is COC(=O)C1(CC(C)C)OC12CCOC2. The van der Waals surface area contributed by atoms with Crippen molar-refractivity contribution in [2.45, 2.75) is 37.9 Å². The zero-order valence-electron chi connectivity index (χ0n) is 9.54. The lowest BCUT2D eigenvalue weighted by Gasteiger charge is -2.15. The first-order chi connectivity index (χ1) is 7.06. The van der Waals surface area contributed by atoms with E-state index >= 15 is 0 Å². The van der Waals surface area contributed by atoms with E-state index in [-0.39, 0.29) is 11.6 Å². The van der Waals surface area contributed by atoms with Crippen molar-refractivity contribution in [2.24, 2.45) is 5.92 Å². The van der Waals surface area contributed by atoms with E-state index in [1.165, 1.54) is 7.11 Å². The van der Waals surface area contributed by atoms with Crippen molar-refractivity contribution in [3.63, 3.8) is 0 Å². The highest BCUT2D eigenvalue weighted by molar-refractivity contribution is 5.85. The Bertz CT molecular complexity index is 268. The molecule has 4 nitrogen and oxygen atoms in total. The number of epoxide rings is 1. The molecule has 2 heterocycles. The van der Waals surface area contributed by atoms with E-state index in [0.29, 0.717) is 25.6 Å². The van der Waals surface area contributed by atoms with E-state index in [1.807, 2.05) is 0 Å². The van der Waals surface area contributed by atoms with Crippen LogP contribution >= 0.6 is 0 Å². The number of esters is 1. The van der Waals surface area contributed by atoms with Crippen LogP contribution in [0.1, 0.15) is 26.7 Å². The topological polar surface area (TPSA) is 48.1 Å². The summed E-state index contributed by atoms with van der Waals surface area (Å²) in [5.74, 6) is 0.158. The van der Waals surface area contributed by atoms with Crippen LogP contribution in [0, 0.1) is 5.92 Å². The molecule has 2 aliphatic heterocycles. The van der Waals surface area contributed by atoms with Crippen molar-refractivity contribution >= 4 is 5.97 Å². The number of ether oxygens (including phenoxy) is 3. The molecular formula is C11H18O4. The summed E-state index contributed by atoms with van der Waals surface area (Å²) in [7, 11) is 1.41. The Labute approximate surface area is 89.9 Å². The average molecular weight is 214 g/mol. The molecule has 2 rings (SSSR count). The predicted molar refractivity (Wildman–Crippen MR) is 53.5 cm³/mol. The lowest BCUT2D eigenvalue weighted by molar-refractivity contribution is -0.147. The zero-order chi connectivity index (χ0) is 11.1. The minimum absolute atomic E-state index is 0.248. The second-order valence-corrected chi connectivity index (χ2v) is 4.82. The highest BCUT2D eigenvalue weighted by Crippen LogP contribution is 2.56. The Morgan fingerprint density at radius 2 is 2.27 bits per heavy atom. The van der Waals surface area contributed by atoms with Crippen LogP contribution in [-0.2, 0) is 19.0 Å². The fourth-order valence-corrected chi connectivity index (χ4v) is 2.53. The first-order valence-corrected chi connectivity index (χ1v) is 5.43. The highest BCUT2D eigenvalue weighted by Gasteiger charge is 2.76. The molecule has 0 radical (unpaired) electrons. The number of hydrogen-bond acceptors (Lipinski definition) is 4. The molecule has 0 aliphatic carbocycles. The maximum atomic E-state index is 11.8. The quantitative estimate of drug-likeness (QED) is 0.522. The van der Waals surface area contributed by atoms with Crippen molar-refractivity contribution in [1.82, 2.24) is 0 Å². The summed E-state index contributed by atoms with van der Waals surface area (Å²) in [6, 6.07) is 0. The largest absolute Gasteiger partial charge is 0.467 e. The molecule has 0 bridgehead atoms. The molecule has 2 unspecified atom stereocenters. The first kappa shape index (κ1) is 10.9. The molecule has 4 heteroatoms. The minimum atomic E-state index is -0.730. The lowest BCUT2D eigenvalue weighted by atomic mass is 9.85. The Balaban J connectivity index is 2.16. The summed E-state index contributed by atoms with van der Waals surface area (Å²) in [6.07, 6.45) is 1.51. The van der Waals surface area contributed by atoms with Gasteiger partial charge in [0.2, 0.25) is 0 Å². The normalized spacial score (nSPS) is 38.7.